The van der Waals surface area contributed by atoms with E-state index in [0.717, 1.165) is 5.56 Å². The second-order valence-electron chi connectivity index (χ2n) is 3.95. The number of anilines is 1. The first kappa shape index (κ1) is 12.7. The molecule has 0 saturated heterocycles. The molecule has 0 unspecified atom stereocenters. The minimum Gasteiger partial charge on any atom is -0.493 e. The maximum absolute atomic E-state index is 8.91. The third-order valence-corrected chi connectivity index (χ3v) is 2.60. The van der Waals surface area contributed by atoms with E-state index in [9.17, 15) is 0 Å². The van der Waals surface area contributed by atoms with Crippen molar-refractivity contribution in [2.45, 2.75) is 6.92 Å². The van der Waals surface area contributed by atoms with Crippen LogP contribution in [0.25, 0.3) is 0 Å². The number of methoxy groups -OCH3 is 1. The van der Waals surface area contributed by atoms with Gasteiger partial charge in [0.15, 0.2) is 11.5 Å². The minimum atomic E-state index is 0.196. The van der Waals surface area contributed by atoms with Gasteiger partial charge in [0.25, 0.3) is 0 Å². The number of aromatic nitrogens is 1. The van der Waals surface area contributed by atoms with E-state index >= 15 is 0 Å². The summed E-state index contributed by atoms with van der Waals surface area (Å²) < 4.78 is 10.9. The van der Waals surface area contributed by atoms with Crippen LogP contribution in [0.1, 0.15) is 11.1 Å². The Labute approximate surface area is 111 Å². The molecule has 1 heterocycles. The largest absolute Gasteiger partial charge is 0.493 e. The molecule has 0 aliphatic heterocycles. The van der Waals surface area contributed by atoms with Gasteiger partial charge >= 0.3 is 0 Å². The zero-order valence-electron chi connectivity index (χ0n) is 10.7. The van der Waals surface area contributed by atoms with E-state index in [1.165, 1.54) is 12.3 Å². The Morgan fingerprint density at radius 2 is 2.05 bits per heavy atom. The van der Waals surface area contributed by atoms with Gasteiger partial charge in [0.2, 0.25) is 5.88 Å². The number of nitrogen functional groups attached to an aromatic ring is 1. The third-order valence-electron chi connectivity index (χ3n) is 2.60. The van der Waals surface area contributed by atoms with Crippen molar-refractivity contribution in [2.24, 2.45) is 0 Å². The number of nitrogens with two attached hydrogens (primary N) is 1. The number of benzene rings is 1. The molecule has 0 spiro atoms. The Balaban J connectivity index is 2.40. The van der Waals surface area contributed by atoms with Crippen LogP contribution >= 0.6 is 0 Å². The molecule has 1 aromatic heterocycles. The summed E-state index contributed by atoms with van der Waals surface area (Å²) in [6.45, 7) is 1.95. The van der Waals surface area contributed by atoms with E-state index in [1.54, 1.807) is 13.2 Å². The highest BCUT2D eigenvalue weighted by atomic mass is 16.5. The lowest BCUT2D eigenvalue weighted by atomic mass is 10.2. The second-order valence-corrected chi connectivity index (χ2v) is 3.95. The van der Waals surface area contributed by atoms with Crippen LogP contribution in [0.2, 0.25) is 0 Å². The van der Waals surface area contributed by atoms with E-state index in [1.807, 2.05) is 25.1 Å². The predicted molar refractivity (Wildman–Crippen MR) is 71.2 cm³/mol. The molecule has 5 nitrogen and oxygen atoms in total. The third kappa shape index (κ3) is 2.58. The number of hydrogen-bond acceptors (Lipinski definition) is 5. The fraction of sp³-hybridized carbons (Fsp3) is 0.143. The van der Waals surface area contributed by atoms with Gasteiger partial charge < -0.3 is 15.2 Å². The van der Waals surface area contributed by atoms with Gasteiger partial charge in [-0.2, -0.15) is 5.26 Å². The molecule has 19 heavy (non-hydrogen) atoms. The topological polar surface area (TPSA) is 81.2 Å². The number of aryl methyl sites for hydroxylation is 1. The van der Waals surface area contributed by atoms with E-state index in [2.05, 4.69) is 4.98 Å². The molecular formula is C14H13N3O2. The first-order valence-corrected chi connectivity index (χ1v) is 5.62. The van der Waals surface area contributed by atoms with E-state index in [4.69, 9.17) is 20.5 Å². The molecule has 0 saturated carbocycles. The number of rotatable bonds is 3. The lowest BCUT2D eigenvalue weighted by Crippen LogP contribution is -1.99. The number of ether oxygens (including phenoxy) is 2. The average molecular weight is 255 g/mol. The SMILES string of the molecule is COc1cc(C)ccc1Oc1nccc(C#N)c1N. The molecule has 5 heteroatoms. The lowest BCUT2D eigenvalue weighted by Gasteiger charge is -2.11. The van der Waals surface area contributed by atoms with Crippen molar-refractivity contribution >= 4 is 5.69 Å². The molecule has 0 amide bonds. The Bertz CT molecular complexity index is 648. The van der Waals surface area contributed by atoms with Gasteiger partial charge in [-0.15, -0.1) is 0 Å². The minimum absolute atomic E-state index is 0.196. The summed E-state index contributed by atoms with van der Waals surface area (Å²) in [5.41, 5.74) is 7.41. The van der Waals surface area contributed by atoms with Gasteiger partial charge in [0, 0.05) is 6.20 Å². The summed E-state index contributed by atoms with van der Waals surface area (Å²) in [5.74, 6) is 1.28. The molecule has 2 aromatic rings. The Kier molecular flexibility index (Phi) is 3.53. The number of nitriles is 1. The molecule has 0 bridgehead atoms. The average Bonchev–Trinajstić information content (AvgIpc) is 2.42. The van der Waals surface area contributed by atoms with Crippen molar-refractivity contribution in [2.75, 3.05) is 12.8 Å². The van der Waals surface area contributed by atoms with Gasteiger partial charge in [-0.05, 0) is 30.7 Å². The van der Waals surface area contributed by atoms with Crippen molar-refractivity contribution in [3.8, 4) is 23.4 Å². The fourth-order valence-electron chi connectivity index (χ4n) is 1.60. The monoisotopic (exact) mass is 255 g/mol. The lowest BCUT2D eigenvalue weighted by molar-refractivity contribution is 0.374. The Morgan fingerprint density at radius 1 is 1.26 bits per heavy atom. The highest BCUT2D eigenvalue weighted by Gasteiger charge is 2.11. The molecular weight excluding hydrogens is 242 g/mol. The smallest absolute Gasteiger partial charge is 0.244 e. The van der Waals surface area contributed by atoms with Gasteiger partial charge in [0.1, 0.15) is 11.8 Å². The van der Waals surface area contributed by atoms with Gasteiger partial charge in [0.05, 0.1) is 12.7 Å². The van der Waals surface area contributed by atoms with Gasteiger partial charge in [-0.3, -0.25) is 0 Å². The molecule has 0 fully saturated rings. The van der Waals surface area contributed by atoms with E-state index in [0.29, 0.717) is 17.1 Å². The highest BCUT2D eigenvalue weighted by Crippen LogP contribution is 2.34. The van der Waals surface area contributed by atoms with Crippen molar-refractivity contribution in [3.05, 3.63) is 41.6 Å². The molecule has 1 aromatic carbocycles. The molecule has 0 radical (unpaired) electrons. The molecule has 2 rings (SSSR count). The van der Waals surface area contributed by atoms with E-state index in [-0.39, 0.29) is 11.6 Å². The highest BCUT2D eigenvalue weighted by molar-refractivity contribution is 5.61. The Morgan fingerprint density at radius 3 is 2.74 bits per heavy atom. The second kappa shape index (κ2) is 5.27. The molecule has 0 aliphatic carbocycles. The Hall–Kier alpha value is -2.74. The fourth-order valence-corrected chi connectivity index (χ4v) is 1.60. The summed E-state index contributed by atoms with van der Waals surface area (Å²) in [5, 5.41) is 8.91. The van der Waals surface area contributed by atoms with E-state index < -0.39 is 0 Å². The summed E-state index contributed by atoms with van der Waals surface area (Å²) in [4.78, 5) is 4.03. The quantitative estimate of drug-likeness (QED) is 0.911. The van der Waals surface area contributed by atoms with Crippen LogP contribution < -0.4 is 15.2 Å². The number of nitrogens with zero attached hydrogens (tertiary/aromatic N) is 2. The molecule has 0 atom stereocenters. The summed E-state index contributed by atoms with van der Waals surface area (Å²) in [6, 6.07) is 9.03. The normalized spacial score (nSPS) is 9.74. The maximum Gasteiger partial charge on any atom is 0.244 e. The first-order chi connectivity index (χ1) is 9.15. The molecule has 2 N–H and O–H groups in total. The zero-order valence-corrected chi connectivity index (χ0v) is 10.7. The maximum atomic E-state index is 8.91. The van der Waals surface area contributed by atoms with Crippen molar-refractivity contribution in [1.82, 2.24) is 4.98 Å². The van der Waals surface area contributed by atoms with Gasteiger partial charge in [-0.25, -0.2) is 4.98 Å². The molecule has 96 valence electrons. The zero-order chi connectivity index (χ0) is 13.8. The van der Waals surface area contributed by atoms with Crippen molar-refractivity contribution in [1.29, 1.82) is 5.26 Å². The predicted octanol–water partition coefficient (Wildman–Crippen LogP) is 2.64. The summed E-state index contributed by atoms with van der Waals surface area (Å²) in [7, 11) is 1.56. The number of pyridine rings is 1. The van der Waals surface area contributed by atoms with Crippen LogP contribution in [0.3, 0.4) is 0 Å². The summed E-state index contributed by atoms with van der Waals surface area (Å²) in [6.07, 6.45) is 1.48. The van der Waals surface area contributed by atoms with Crippen LogP contribution in [0.15, 0.2) is 30.5 Å². The standard InChI is InChI=1S/C14H13N3O2/c1-9-3-4-11(12(7-9)18-2)19-14-13(16)10(8-15)5-6-17-14/h3-7H,16H2,1-2H3. The first-order valence-electron chi connectivity index (χ1n) is 5.62. The van der Waals surface area contributed by atoms with Crippen molar-refractivity contribution in [3.63, 3.8) is 0 Å². The van der Waals surface area contributed by atoms with Crippen LogP contribution in [-0.2, 0) is 0 Å². The van der Waals surface area contributed by atoms with Crippen LogP contribution in [-0.4, -0.2) is 12.1 Å². The van der Waals surface area contributed by atoms with Crippen LogP contribution in [0, 0.1) is 18.3 Å². The summed E-state index contributed by atoms with van der Waals surface area (Å²) >= 11 is 0. The molecule has 0 aliphatic rings. The van der Waals surface area contributed by atoms with Crippen LogP contribution in [0.5, 0.6) is 17.4 Å². The van der Waals surface area contributed by atoms with Gasteiger partial charge in [-0.1, -0.05) is 6.07 Å². The van der Waals surface area contributed by atoms with Crippen LogP contribution in [0.4, 0.5) is 5.69 Å². The number of hydrogen-bond donors (Lipinski definition) is 1. The van der Waals surface area contributed by atoms with Crippen molar-refractivity contribution < 1.29 is 9.47 Å².